The summed E-state index contributed by atoms with van der Waals surface area (Å²) in [4.78, 5) is 17.5. The van der Waals surface area contributed by atoms with E-state index in [0.29, 0.717) is 18.8 Å². The number of rotatable bonds is 18. The Morgan fingerprint density at radius 1 is 0.766 bits per heavy atom. The Bertz CT molecular complexity index is 1410. The van der Waals surface area contributed by atoms with E-state index in [9.17, 15) is 15.0 Å². The average Bonchev–Trinajstić information content (AvgIpc) is 3.49. The van der Waals surface area contributed by atoms with Crippen LogP contribution < -0.4 is 5.32 Å². The summed E-state index contributed by atoms with van der Waals surface area (Å²) in [6.45, 7) is 5.25. The summed E-state index contributed by atoms with van der Waals surface area (Å²) in [7, 11) is 0. The second kappa shape index (κ2) is 17.6. The molecule has 1 amide bonds. The van der Waals surface area contributed by atoms with E-state index in [1.807, 2.05) is 11.8 Å². The van der Waals surface area contributed by atoms with Gasteiger partial charge in [-0.2, -0.15) is 12.6 Å². The minimum absolute atomic E-state index is 0.0428. The van der Waals surface area contributed by atoms with Gasteiger partial charge in [-0.05, 0) is 65.9 Å². The molecule has 4 aromatic carbocycles. The second-order valence-electron chi connectivity index (χ2n) is 12.2. The van der Waals surface area contributed by atoms with Gasteiger partial charge in [0.05, 0.1) is 11.3 Å². The summed E-state index contributed by atoms with van der Waals surface area (Å²) in [5.41, 5.74) is 5.93. The molecule has 47 heavy (non-hydrogen) atoms. The van der Waals surface area contributed by atoms with Crippen molar-refractivity contribution < 1.29 is 15.0 Å². The second-order valence-corrected chi connectivity index (χ2v) is 14.0. The van der Waals surface area contributed by atoms with Gasteiger partial charge < -0.3 is 15.5 Å². The van der Waals surface area contributed by atoms with Crippen molar-refractivity contribution in [1.29, 1.82) is 0 Å². The van der Waals surface area contributed by atoms with Gasteiger partial charge in [-0.15, -0.1) is 11.8 Å². The number of nitrogens with zero attached hydrogens (tertiary/aromatic N) is 2. The maximum atomic E-state index is 12.8. The maximum Gasteiger partial charge on any atom is 0.234 e. The molecule has 6 nitrogen and oxygen atoms in total. The highest BCUT2D eigenvalue weighted by molar-refractivity contribution is 8.00. The van der Waals surface area contributed by atoms with Gasteiger partial charge in [-0.3, -0.25) is 14.6 Å². The summed E-state index contributed by atoms with van der Waals surface area (Å²) < 4.78 is -0.379. The molecule has 0 aromatic heterocycles. The van der Waals surface area contributed by atoms with Crippen LogP contribution in [0.5, 0.6) is 11.5 Å². The summed E-state index contributed by atoms with van der Waals surface area (Å²) in [5, 5.41) is 22.7. The van der Waals surface area contributed by atoms with E-state index in [1.165, 1.54) is 16.7 Å². The van der Waals surface area contributed by atoms with Crippen molar-refractivity contribution in [1.82, 2.24) is 15.1 Å². The molecule has 1 aliphatic rings. The van der Waals surface area contributed by atoms with Gasteiger partial charge in [0.1, 0.15) is 0 Å². The number of benzene rings is 4. The molecule has 0 spiro atoms. The highest BCUT2D eigenvalue weighted by Crippen LogP contribution is 2.48. The number of phenolic OH excluding ortho intramolecular Hbond substituents is 2. The zero-order chi connectivity index (χ0) is 32.9. The molecule has 0 aliphatic carbocycles. The maximum absolute atomic E-state index is 12.8. The number of hydrogen-bond acceptors (Lipinski definition) is 7. The highest BCUT2D eigenvalue weighted by Gasteiger charge is 2.36. The zero-order valence-corrected chi connectivity index (χ0v) is 28.8. The quantitative estimate of drug-likeness (QED) is 0.0394. The van der Waals surface area contributed by atoms with Crippen molar-refractivity contribution in [3.63, 3.8) is 0 Å². The number of nitrogens with one attached hydrogen (secondary N) is 1. The first-order valence-electron chi connectivity index (χ1n) is 16.7. The fourth-order valence-corrected chi connectivity index (χ4v) is 8.17. The molecule has 1 aliphatic heterocycles. The number of carbonyl (C=O) groups is 1. The molecule has 0 saturated carbocycles. The number of aromatic hydroxyl groups is 2. The van der Waals surface area contributed by atoms with E-state index >= 15 is 0 Å². The first-order valence-corrected chi connectivity index (χ1v) is 18.3. The van der Waals surface area contributed by atoms with Crippen LogP contribution in [0.3, 0.4) is 0 Å². The van der Waals surface area contributed by atoms with Crippen LogP contribution in [0.2, 0.25) is 0 Å². The molecule has 0 unspecified atom stereocenters. The molecule has 4 aromatic rings. The molecule has 0 saturated heterocycles. The van der Waals surface area contributed by atoms with Gasteiger partial charge >= 0.3 is 0 Å². The monoisotopic (exact) mass is 669 g/mol. The van der Waals surface area contributed by atoms with Gasteiger partial charge in [-0.1, -0.05) is 104 Å². The highest BCUT2D eigenvalue weighted by atomic mass is 32.2. The van der Waals surface area contributed by atoms with Crippen molar-refractivity contribution in [3.05, 3.63) is 131 Å². The molecule has 3 N–H and O–H groups in total. The Morgan fingerprint density at radius 2 is 1.28 bits per heavy atom. The number of carbonyl (C=O) groups excluding carboxylic acids is 1. The van der Waals surface area contributed by atoms with E-state index in [2.05, 4.69) is 119 Å². The van der Waals surface area contributed by atoms with Gasteiger partial charge in [0.15, 0.2) is 11.5 Å². The fourth-order valence-electron chi connectivity index (χ4n) is 6.50. The van der Waals surface area contributed by atoms with Crippen molar-refractivity contribution in [2.45, 2.75) is 43.5 Å². The van der Waals surface area contributed by atoms with Crippen LogP contribution in [0.1, 0.15) is 53.5 Å². The van der Waals surface area contributed by atoms with E-state index < -0.39 is 0 Å². The van der Waals surface area contributed by atoms with Crippen LogP contribution >= 0.6 is 24.4 Å². The Hall–Kier alpha value is -3.43. The van der Waals surface area contributed by atoms with Crippen LogP contribution in [0.4, 0.5) is 0 Å². The fraction of sp³-hybridized carbons (Fsp3) is 0.359. The Kier molecular flexibility index (Phi) is 13.1. The van der Waals surface area contributed by atoms with Gasteiger partial charge in [0.25, 0.3) is 0 Å². The largest absolute Gasteiger partial charge is 0.504 e. The predicted molar refractivity (Wildman–Crippen MR) is 197 cm³/mol. The lowest BCUT2D eigenvalue weighted by Crippen LogP contribution is -2.40. The lowest BCUT2D eigenvalue weighted by molar-refractivity contribution is -0.122. The number of hydrogen-bond donors (Lipinski definition) is 4. The van der Waals surface area contributed by atoms with Crippen LogP contribution in [-0.2, 0) is 22.6 Å². The third-order valence-electron chi connectivity index (χ3n) is 8.85. The normalized spacial score (nSPS) is 13.1. The van der Waals surface area contributed by atoms with Crippen LogP contribution in [0, 0.1) is 0 Å². The number of thiol groups is 1. The summed E-state index contributed by atoms with van der Waals surface area (Å²) in [6.07, 6.45) is 4.36. The number of phenols is 2. The molecule has 0 fully saturated rings. The predicted octanol–water partition coefficient (Wildman–Crippen LogP) is 7.05. The smallest absolute Gasteiger partial charge is 0.234 e. The number of thioether (sulfide) groups is 1. The van der Waals surface area contributed by atoms with E-state index in [0.717, 1.165) is 75.3 Å². The molecule has 0 atom stereocenters. The third-order valence-corrected chi connectivity index (χ3v) is 10.6. The standard InChI is InChI=1S/C39H47N3O3S2/c43-36-26-31-28-42(29-32(31)27-37(36)44)22-13-2-1-12-21-41(30-38(45)40-20-24-46)23-25-47-39(33-14-6-3-7-15-33,34-16-8-4-9-17-34)35-18-10-5-11-19-35/h3-11,14-19,26-27,43-44,46H,1-2,12-13,20-25,28-30H2,(H,40,45). The van der Waals surface area contributed by atoms with Gasteiger partial charge in [0, 0.05) is 37.7 Å². The molecule has 5 rings (SSSR count). The third kappa shape index (κ3) is 9.35. The number of fused-ring (bicyclic) bond motifs is 1. The van der Waals surface area contributed by atoms with E-state index in [1.54, 1.807) is 12.1 Å². The summed E-state index contributed by atoms with van der Waals surface area (Å²) in [6, 6.07) is 35.7. The lowest BCUT2D eigenvalue weighted by atomic mass is 9.84. The Balaban J connectivity index is 1.19. The van der Waals surface area contributed by atoms with Crippen molar-refractivity contribution in [2.24, 2.45) is 0 Å². The summed E-state index contributed by atoms with van der Waals surface area (Å²) >= 11 is 6.20. The van der Waals surface area contributed by atoms with Crippen molar-refractivity contribution in [2.75, 3.05) is 44.2 Å². The minimum Gasteiger partial charge on any atom is -0.504 e. The Labute approximate surface area is 289 Å². The van der Waals surface area contributed by atoms with E-state index in [-0.39, 0.29) is 22.2 Å². The number of amides is 1. The molecule has 8 heteroatoms. The molecule has 248 valence electrons. The van der Waals surface area contributed by atoms with Crippen molar-refractivity contribution in [3.8, 4) is 11.5 Å². The zero-order valence-electron chi connectivity index (χ0n) is 27.1. The topological polar surface area (TPSA) is 76.0 Å². The van der Waals surface area contributed by atoms with Crippen LogP contribution in [-0.4, -0.2) is 70.1 Å². The Morgan fingerprint density at radius 3 is 1.79 bits per heavy atom. The number of unbranched alkanes of at least 4 members (excludes halogenated alkanes) is 3. The van der Waals surface area contributed by atoms with Gasteiger partial charge in [-0.25, -0.2) is 0 Å². The van der Waals surface area contributed by atoms with E-state index in [4.69, 9.17) is 0 Å². The SMILES string of the molecule is O=C(CN(CCCCCCN1Cc2cc(O)c(O)cc2C1)CCSC(c1ccccc1)(c1ccccc1)c1ccccc1)NCCS. The first kappa shape index (κ1) is 34.9. The molecule has 0 radical (unpaired) electrons. The first-order chi connectivity index (χ1) is 23.0. The molecule has 0 bridgehead atoms. The molecular weight excluding hydrogens is 623 g/mol. The van der Waals surface area contributed by atoms with Crippen LogP contribution in [0.15, 0.2) is 103 Å². The lowest BCUT2D eigenvalue weighted by Gasteiger charge is -2.36. The van der Waals surface area contributed by atoms with Crippen LogP contribution in [0.25, 0.3) is 0 Å². The molecule has 1 heterocycles. The molecular formula is C39H47N3O3S2. The summed E-state index contributed by atoms with van der Waals surface area (Å²) in [5.74, 6) is 1.45. The average molecular weight is 670 g/mol. The van der Waals surface area contributed by atoms with Gasteiger partial charge in [0.2, 0.25) is 5.91 Å². The van der Waals surface area contributed by atoms with Crippen molar-refractivity contribution >= 4 is 30.3 Å². The minimum atomic E-state index is -0.379.